The van der Waals surface area contributed by atoms with Gasteiger partial charge in [-0.3, -0.25) is 4.98 Å². The summed E-state index contributed by atoms with van der Waals surface area (Å²) in [5, 5.41) is 10.1. The number of nitrogens with zero attached hydrogens (tertiary/aromatic N) is 1. The zero-order chi connectivity index (χ0) is 13.1. The molecule has 17 heavy (non-hydrogen) atoms. The monoisotopic (exact) mass is 365 g/mol. The van der Waals surface area contributed by atoms with Gasteiger partial charge in [-0.2, -0.15) is 0 Å². The topological polar surface area (TPSA) is 42.4 Å². The molecule has 0 aromatic carbocycles. The van der Waals surface area contributed by atoms with Crippen LogP contribution >= 0.6 is 31.9 Å². The summed E-state index contributed by atoms with van der Waals surface area (Å²) in [5.74, 6) is 0. The van der Waals surface area contributed by atoms with Gasteiger partial charge in [0.2, 0.25) is 0 Å². The molecule has 3 nitrogen and oxygen atoms in total. The summed E-state index contributed by atoms with van der Waals surface area (Å²) < 4.78 is 7.02. The maximum atomic E-state index is 10.1. The summed E-state index contributed by atoms with van der Waals surface area (Å²) in [6.45, 7) is 4.01. The Morgan fingerprint density at radius 1 is 1.47 bits per heavy atom. The fraction of sp³-hybridized carbons (Fsp3) is 0.583. The summed E-state index contributed by atoms with van der Waals surface area (Å²) in [7, 11) is 1.68. The summed E-state index contributed by atoms with van der Waals surface area (Å²) in [6, 6.07) is 1.88. The molecule has 1 unspecified atom stereocenters. The van der Waals surface area contributed by atoms with Crippen molar-refractivity contribution in [3.05, 3.63) is 26.9 Å². The van der Waals surface area contributed by atoms with Crippen LogP contribution in [0.3, 0.4) is 0 Å². The average molecular weight is 367 g/mol. The van der Waals surface area contributed by atoms with E-state index in [4.69, 9.17) is 4.74 Å². The number of hydrogen-bond donors (Lipinski definition) is 1. The van der Waals surface area contributed by atoms with Crippen LogP contribution in [0.4, 0.5) is 0 Å². The minimum Gasteiger partial charge on any atom is -0.387 e. The van der Waals surface area contributed by atoms with Crippen LogP contribution in [0.15, 0.2) is 21.2 Å². The highest BCUT2D eigenvalue weighted by atomic mass is 79.9. The first kappa shape index (κ1) is 15.1. The zero-order valence-electron chi connectivity index (χ0n) is 10.2. The van der Waals surface area contributed by atoms with Gasteiger partial charge in [-0.25, -0.2) is 0 Å². The number of ether oxygens (including phenoxy) is 1. The molecular formula is C12H17Br2NO2. The molecule has 1 aromatic heterocycles. The van der Waals surface area contributed by atoms with Crippen LogP contribution in [-0.4, -0.2) is 22.8 Å². The molecule has 0 saturated heterocycles. The third kappa shape index (κ3) is 4.66. The van der Waals surface area contributed by atoms with E-state index in [1.54, 1.807) is 13.3 Å². The molecule has 0 aliphatic heterocycles. The lowest BCUT2D eigenvalue weighted by molar-refractivity contribution is 0.00234. The van der Waals surface area contributed by atoms with Crippen LogP contribution in [0.1, 0.15) is 38.5 Å². The highest BCUT2D eigenvalue weighted by Crippen LogP contribution is 2.29. The second-order valence-corrected chi connectivity index (χ2v) is 6.31. The SMILES string of the molecule is COC(C)(C)CCC(O)c1ncc(Br)cc1Br. The number of aliphatic hydroxyl groups excluding tert-OH is 1. The summed E-state index contributed by atoms with van der Waals surface area (Å²) >= 11 is 6.73. The summed E-state index contributed by atoms with van der Waals surface area (Å²) in [4.78, 5) is 4.22. The number of pyridine rings is 1. The van der Waals surface area contributed by atoms with Crippen LogP contribution < -0.4 is 0 Å². The lowest BCUT2D eigenvalue weighted by Crippen LogP contribution is -2.23. The van der Waals surface area contributed by atoms with E-state index in [9.17, 15) is 5.11 Å². The Kier molecular flexibility index (Phi) is 5.57. The van der Waals surface area contributed by atoms with Gasteiger partial charge in [-0.15, -0.1) is 0 Å². The largest absolute Gasteiger partial charge is 0.387 e. The number of methoxy groups -OCH3 is 1. The first-order chi connectivity index (χ1) is 7.85. The average Bonchev–Trinajstić information content (AvgIpc) is 2.26. The molecule has 1 atom stereocenters. The summed E-state index contributed by atoms with van der Waals surface area (Å²) in [5.41, 5.74) is 0.447. The van der Waals surface area contributed by atoms with Crippen LogP contribution in [-0.2, 0) is 4.74 Å². The quantitative estimate of drug-likeness (QED) is 0.860. The van der Waals surface area contributed by atoms with Crippen LogP contribution in [0.25, 0.3) is 0 Å². The van der Waals surface area contributed by atoms with Crippen LogP contribution in [0, 0.1) is 0 Å². The molecule has 1 rings (SSSR count). The predicted octanol–water partition coefficient (Wildman–Crippen LogP) is 3.85. The van der Waals surface area contributed by atoms with Gasteiger partial charge in [0.1, 0.15) is 0 Å². The minimum absolute atomic E-state index is 0.219. The van der Waals surface area contributed by atoms with Gasteiger partial charge < -0.3 is 9.84 Å². The Morgan fingerprint density at radius 3 is 2.65 bits per heavy atom. The zero-order valence-corrected chi connectivity index (χ0v) is 13.4. The number of aromatic nitrogens is 1. The number of rotatable bonds is 5. The molecule has 1 N–H and O–H groups in total. The molecule has 0 bridgehead atoms. The normalized spacial score (nSPS) is 13.8. The molecule has 0 saturated carbocycles. The smallest absolute Gasteiger partial charge is 0.0972 e. The van der Waals surface area contributed by atoms with Gasteiger partial charge in [-0.1, -0.05) is 0 Å². The molecule has 0 fully saturated rings. The van der Waals surface area contributed by atoms with Crippen molar-refractivity contribution in [3.63, 3.8) is 0 Å². The van der Waals surface area contributed by atoms with Crippen molar-refractivity contribution in [2.75, 3.05) is 7.11 Å². The lowest BCUT2D eigenvalue weighted by Gasteiger charge is -2.24. The van der Waals surface area contributed by atoms with Crippen molar-refractivity contribution in [2.24, 2.45) is 0 Å². The fourth-order valence-corrected chi connectivity index (χ4v) is 2.65. The van der Waals surface area contributed by atoms with E-state index < -0.39 is 6.10 Å². The van der Waals surface area contributed by atoms with Gasteiger partial charge in [0, 0.05) is 22.3 Å². The Hall–Kier alpha value is 0.0300. The van der Waals surface area contributed by atoms with Gasteiger partial charge in [0.25, 0.3) is 0 Å². The molecule has 0 aliphatic carbocycles. The first-order valence-electron chi connectivity index (χ1n) is 5.40. The summed E-state index contributed by atoms with van der Waals surface area (Å²) in [6.07, 6.45) is 2.50. The first-order valence-corrected chi connectivity index (χ1v) is 6.98. The van der Waals surface area contributed by atoms with Gasteiger partial charge in [0.15, 0.2) is 0 Å². The van der Waals surface area contributed by atoms with E-state index in [2.05, 4.69) is 36.8 Å². The minimum atomic E-state index is -0.577. The third-order valence-electron chi connectivity index (χ3n) is 2.72. The molecule has 1 aromatic rings. The number of hydrogen-bond acceptors (Lipinski definition) is 3. The van der Waals surface area contributed by atoms with Crippen molar-refractivity contribution in [2.45, 2.75) is 38.4 Å². The van der Waals surface area contributed by atoms with Crippen molar-refractivity contribution < 1.29 is 9.84 Å². The van der Waals surface area contributed by atoms with Crippen molar-refractivity contribution in [1.29, 1.82) is 0 Å². The van der Waals surface area contributed by atoms with Crippen molar-refractivity contribution in [1.82, 2.24) is 4.98 Å². The van der Waals surface area contributed by atoms with Crippen molar-refractivity contribution in [3.8, 4) is 0 Å². The van der Waals surface area contributed by atoms with E-state index in [0.717, 1.165) is 15.4 Å². The molecule has 5 heteroatoms. The molecule has 0 amide bonds. The Labute approximate surface area is 119 Å². The third-order valence-corrected chi connectivity index (χ3v) is 3.79. The van der Waals surface area contributed by atoms with E-state index >= 15 is 0 Å². The van der Waals surface area contributed by atoms with Crippen molar-refractivity contribution >= 4 is 31.9 Å². The van der Waals surface area contributed by atoms with Gasteiger partial charge in [-0.05, 0) is 64.6 Å². The molecule has 0 radical (unpaired) electrons. The number of halogens is 2. The second kappa shape index (κ2) is 6.27. The standard InChI is InChI=1S/C12H17Br2NO2/c1-12(2,17-3)5-4-10(16)11-9(14)6-8(13)7-15-11/h6-7,10,16H,4-5H2,1-3H3. The Bertz CT molecular complexity index is 383. The lowest BCUT2D eigenvalue weighted by atomic mass is 9.99. The fourth-order valence-electron chi connectivity index (χ4n) is 1.39. The predicted molar refractivity (Wildman–Crippen MR) is 74.9 cm³/mol. The van der Waals surface area contributed by atoms with Gasteiger partial charge in [0.05, 0.1) is 17.4 Å². The maximum absolute atomic E-state index is 10.1. The highest BCUT2D eigenvalue weighted by Gasteiger charge is 2.20. The maximum Gasteiger partial charge on any atom is 0.0972 e. The van der Waals surface area contributed by atoms with E-state index in [0.29, 0.717) is 12.1 Å². The highest BCUT2D eigenvalue weighted by molar-refractivity contribution is 9.11. The number of aliphatic hydroxyl groups is 1. The molecule has 0 spiro atoms. The van der Waals surface area contributed by atoms with E-state index in [1.165, 1.54) is 0 Å². The van der Waals surface area contributed by atoms with E-state index in [-0.39, 0.29) is 5.60 Å². The Balaban J connectivity index is 2.67. The van der Waals surface area contributed by atoms with Crippen LogP contribution in [0.2, 0.25) is 0 Å². The molecular weight excluding hydrogens is 350 g/mol. The molecule has 96 valence electrons. The second-order valence-electron chi connectivity index (χ2n) is 4.54. The Morgan fingerprint density at radius 2 is 2.12 bits per heavy atom. The molecule has 0 aliphatic rings. The van der Waals surface area contributed by atoms with Gasteiger partial charge >= 0.3 is 0 Å². The van der Waals surface area contributed by atoms with E-state index in [1.807, 2.05) is 19.9 Å². The van der Waals surface area contributed by atoms with Crippen LogP contribution in [0.5, 0.6) is 0 Å². The molecule has 1 heterocycles.